The second kappa shape index (κ2) is 6.68. The first-order chi connectivity index (χ1) is 9.67. The summed E-state index contributed by atoms with van der Waals surface area (Å²) in [6.07, 6.45) is 0. The molecule has 1 heterocycles. The lowest BCUT2D eigenvalue weighted by atomic mass is 10.1. The van der Waals surface area contributed by atoms with E-state index in [1.54, 1.807) is 7.11 Å². The zero-order valence-electron chi connectivity index (χ0n) is 12.3. The number of methoxy groups -OCH3 is 1. The number of benzene rings is 1. The molecule has 0 spiro atoms. The van der Waals surface area contributed by atoms with Crippen LogP contribution in [0.1, 0.15) is 19.4 Å². The monoisotopic (exact) mass is 274 g/mol. The fourth-order valence-corrected chi connectivity index (χ4v) is 2.34. The number of anilines is 1. The van der Waals surface area contributed by atoms with E-state index in [1.807, 2.05) is 30.3 Å². The molecule has 2 rings (SSSR count). The normalized spacial score (nSPS) is 11.2. The molecule has 4 nitrogen and oxygen atoms in total. The number of para-hydroxylation sites is 1. The van der Waals surface area contributed by atoms with Crippen molar-refractivity contribution in [3.63, 3.8) is 0 Å². The van der Waals surface area contributed by atoms with Gasteiger partial charge in [0.15, 0.2) is 0 Å². The van der Waals surface area contributed by atoms with E-state index in [1.165, 1.54) is 0 Å². The highest BCUT2D eigenvalue weighted by atomic mass is 16.5. The van der Waals surface area contributed by atoms with Gasteiger partial charge in [-0.1, -0.05) is 18.2 Å². The van der Waals surface area contributed by atoms with Crippen LogP contribution >= 0.6 is 0 Å². The van der Waals surface area contributed by atoms with E-state index in [-0.39, 0.29) is 6.61 Å². The third kappa shape index (κ3) is 3.08. The van der Waals surface area contributed by atoms with Crippen LogP contribution in [0.5, 0.6) is 0 Å². The molecule has 0 aliphatic rings. The Morgan fingerprint density at radius 1 is 1.30 bits per heavy atom. The summed E-state index contributed by atoms with van der Waals surface area (Å²) in [4.78, 5) is 6.91. The Balaban J connectivity index is 2.46. The number of aromatic nitrogens is 1. The first-order valence-corrected chi connectivity index (χ1v) is 6.92. The molecule has 0 radical (unpaired) electrons. The fourth-order valence-electron chi connectivity index (χ4n) is 2.34. The van der Waals surface area contributed by atoms with Gasteiger partial charge in [0.05, 0.1) is 18.7 Å². The van der Waals surface area contributed by atoms with Gasteiger partial charge < -0.3 is 14.7 Å². The predicted molar refractivity (Wildman–Crippen MR) is 82.0 cm³/mol. The molecule has 2 aromatic rings. The molecule has 1 aromatic heterocycles. The molecular weight excluding hydrogens is 252 g/mol. The largest absolute Gasteiger partial charge is 0.392 e. The number of hydrogen-bond acceptors (Lipinski definition) is 4. The molecule has 1 N–H and O–H groups in total. The molecule has 20 heavy (non-hydrogen) atoms. The minimum Gasteiger partial charge on any atom is -0.392 e. The molecule has 0 unspecified atom stereocenters. The van der Waals surface area contributed by atoms with Crippen molar-refractivity contribution in [1.82, 2.24) is 4.98 Å². The first kappa shape index (κ1) is 14.8. The van der Waals surface area contributed by atoms with Crippen LogP contribution in [0.2, 0.25) is 0 Å². The minimum absolute atomic E-state index is 0.0201. The van der Waals surface area contributed by atoms with Crippen molar-refractivity contribution < 1.29 is 9.84 Å². The molecule has 0 aliphatic heterocycles. The average Bonchev–Trinajstić information content (AvgIpc) is 2.46. The molecular formula is C16H22N2O2. The van der Waals surface area contributed by atoms with Gasteiger partial charge in [0.25, 0.3) is 0 Å². The fraction of sp³-hybridized carbons (Fsp3) is 0.438. The topological polar surface area (TPSA) is 45.6 Å². The van der Waals surface area contributed by atoms with Crippen LogP contribution in [0, 0.1) is 0 Å². The van der Waals surface area contributed by atoms with Gasteiger partial charge in [-0.2, -0.15) is 0 Å². The summed E-state index contributed by atoms with van der Waals surface area (Å²) in [5.74, 6) is 0.889. The Kier molecular flexibility index (Phi) is 4.93. The molecule has 4 heteroatoms. The highest BCUT2D eigenvalue weighted by Gasteiger charge is 2.14. The van der Waals surface area contributed by atoms with Crippen molar-refractivity contribution in [2.24, 2.45) is 0 Å². The minimum atomic E-state index is 0.0201. The van der Waals surface area contributed by atoms with Crippen LogP contribution in [0.3, 0.4) is 0 Å². The number of ether oxygens (including phenoxy) is 1. The van der Waals surface area contributed by atoms with Crippen molar-refractivity contribution in [1.29, 1.82) is 0 Å². The Labute approximate surface area is 120 Å². The average molecular weight is 274 g/mol. The molecule has 0 saturated heterocycles. The standard InChI is InChI=1S/C16H22N2O2/c1-12(2)18(8-9-20-3)16-10-13(11-19)14-6-4-5-7-15(14)17-16/h4-7,10,12,19H,8-9,11H2,1-3H3. The molecule has 0 fully saturated rings. The smallest absolute Gasteiger partial charge is 0.129 e. The van der Waals surface area contributed by atoms with Crippen LogP contribution in [0.4, 0.5) is 5.82 Å². The van der Waals surface area contributed by atoms with E-state index in [9.17, 15) is 5.11 Å². The zero-order valence-corrected chi connectivity index (χ0v) is 12.3. The highest BCUT2D eigenvalue weighted by Crippen LogP contribution is 2.24. The van der Waals surface area contributed by atoms with E-state index in [2.05, 4.69) is 18.7 Å². The Morgan fingerprint density at radius 3 is 2.70 bits per heavy atom. The van der Waals surface area contributed by atoms with Gasteiger partial charge in [-0.25, -0.2) is 4.98 Å². The Bertz CT molecular complexity index is 569. The Morgan fingerprint density at radius 2 is 2.05 bits per heavy atom. The molecule has 0 amide bonds. The van der Waals surface area contributed by atoms with Gasteiger partial charge >= 0.3 is 0 Å². The van der Waals surface area contributed by atoms with Crippen LogP contribution in [-0.2, 0) is 11.3 Å². The van der Waals surface area contributed by atoms with Crippen molar-refractivity contribution >= 4 is 16.7 Å². The summed E-state index contributed by atoms with van der Waals surface area (Å²) in [5.41, 5.74) is 1.82. The summed E-state index contributed by atoms with van der Waals surface area (Å²) in [6.45, 7) is 5.72. The van der Waals surface area contributed by atoms with Crippen LogP contribution in [0.25, 0.3) is 10.9 Å². The van der Waals surface area contributed by atoms with E-state index in [0.717, 1.165) is 28.8 Å². The highest BCUT2D eigenvalue weighted by molar-refractivity contribution is 5.84. The maximum Gasteiger partial charge on any atom is 0.129 e. The molecule has 0 saturated carbocycles. The summed E-state index contributed by atoms with van der Waals surface area (Å²) in [7, 11) is 1.70. The van der Waals surface area contributed by atoms with Gasteiger partial charge in [-0.05, 0) is 31.5 Å². The number of fused-ring (bicyclic) bond motifs is 1. The summed E-state index contributed by atoms with van der Waals surface area (Å²) >= 11 is 0. The second-order valence-electron chi connectivity index (χ2n) is 5.09. The summed E-state index contributed by atoms with van der Waals surface area (Å²) in [6, 6.07) is 10.2. The zero-order chi connectivity index (χ0) is 14.5. The SMILES string of the molecule is COCCN(c1cc(CO)c2ccccc2n1)C(C)C. The number of pyridine rings is 1. The van der Waals surface area contributed by atoms with Gasteiger partial charge in [0, 0.05) is 25.1 Å². The van der Waals surface area contributed by atoms with Crippen molar-refractivity contribution in [3.8, 4) is 0 Å². The number of nitrogens with zero attached hydrogens (tertiary/aromatic N) is 2. The summed E-state index contributed by atoms with van der Waals surface area (Å²) < 4.78 is 5.17. The first-order valence-electron chi connectivity index (χ1n) is 6.92. The van der Waals surface area contributed by atoms with E-state index in [0.29, 0.717) is 12.6 Å². The quantitative estimate of drug-likeness (QED) is 0.879. The number of rotatable bonds is 6. The molecule has 108 valence electrons. The van der Waals surface area contributed by atoms with Crippen molar-refractivity contribution in [2.75, 3.05) is 25.2 Å². The lowest BCUT2D eigenvalue weighted by molar-refractivity contribution is 0.203. The van der Waals surface area contributed by atoms with Gasteiger partial charge in [-0.3, -0.25) is 0 Å². The predicted octanol–water partition coefficient (Wildman–Crippen LogP) is 2.59. The van der Waals surface area contributed by atoms with Crippen molar-refractivity contribution in [2.45, 2.75) is 26.5 Å². The van der Waals surface area contributed by atoms with Crippen molar-refractivity contribution in [3.05, 3.63) is 35.9 Å². The number of hydrogen-bond donors (Lipinski definition) is 1. The third-order valence-electron chi connectivity index (χ3n) is 3.41. The Hall–Kier alpha value is -1.65. The molecule has 0 atom stereocenters. The number of aliphatic hydroxyl groups is 1. The number of aliphatic hydroxyl groups excluding tert-OH is 1. The van der Waals surface area contributed by atoms with Gasteiger partial charge in [0.1, 0.15) is 5.82 Å². The second-order valence-corrected chi connectivity index (χ2v) is 5.09. The van der Waals surface area contributed by atoms with Crippen LogP contribution in [0.15, 0.2) is 30.3 Å². The third-order valence-corrected chi connectivity index (χ3v) is 3.41. The lowest BCUT2D eigenvalue weighted by Crippen LogP contribution is -2.34. The lowest BCUT2D eigenvalue weighted by Gasteiger charge is -2.28. The molecule has 0 aliphatic carbocycles. The van der Waals surface area contributed by atoms with E-state index >= 15 is 0 Å². The summed E-state index contributed by atoms with van der Waals surface area (Å²) in [5, 5.41) is 10.6. The van der Waals surface area contributed by atoms with Crippen LogP contribution in [-0.4, -0.2) is 36.4 Å². The van der Waals surface area contributed by atoms with Crippen LogP contribution < -0.4 is 4.90 Å². The van der Waals surface area contributed by atoms with Gasteiger partial charge in [0.2, 0.25) is 0 Å². The molecule has 0 bridgehead atoms. The maximum atomic E-state index is 9.59. The van der Waals surface area contributed by atoms with Gasteiger partial charge in [-0.15, -0.1) is 0 Å². The van der Waals surface area contributed by atoms with E-state index in [4.69, 9.17) is 9.72 Å². The van der Waals surface area contributed by atoms with E-state index < -0.39 is 0 Å². The maximum absolute atomic E-state index is 9.59. The molecule has 1 aromatic carbocycles.